The van der Waals surface area contributed by atoms with Crippen molar-refractivity contribution >= 4 is 11.6 Å². The van der Waals surface area contributed by atoms with E-state index < -0.39 is 5.60 Å². The van der Waals surface area contributed by atoms with Crippen LogP contribution in [0, 0.1) is 0 Å². The van der Waals surface area contributed by atoms with E-state index in [1.54, 1.807) is 7.11 Å². The summed E-state index contributed by atoms with van der Waals surface area (Å²) < 4.78 is 5.47. The first-order valence-corrected chi connectivity index (χ1v) is 11.3. The Bertz CT molecular complexity index is 805. The van der Waals surface area contributed by atoms with Gasteiger partial charge in [0.2, 0.25) is 0 Å². The smallest absolute Gasteiger partial charge is 0.137 e. The van der Waals surface area contributed by atoms with Crippen LogP contribution in [0.25, 0.3) is 0 Å². The van der Waals surface area contributed by atoms with Gasteiger partial charge in [-0.2, -0.15) is 0 Å². The molecule has 0 saturated heterocycles. The molecule has 0 aliphatic heterocycles. The van der Waals surface area contributed by atoms with Gasteiger partial charge in [-0.25, -0.2) is 0 Å². The number of ether oxygens (including phenoxy) is 1. The summed E-state index contributed by atoms with van der Waals surface area (Å²) in [6, 6.07) is 14.4. The maximum atomic E-state index is 12.2. The molecular weight excluding hydrogens is 382 g/mol. The third-order valence-electron chi connectivity index (χ3n) is 6.50. The molecular formula is C25H34ClNO2. The number of aryl methyl sites for hydroxylation is 1. The van der Waals surface area contributed by atoms with Crippen LogP contribution < -0.4 is 4.74 Å². The number of hydrogen-bond acceptors (Lipinski definition) is 3. The quantitative estimate of drug-likeness (QED) is 0.555. The lowest BCUT2D eigenvalue weighted by Crippen LogP contribution is -2.35. The van der Waals surface area contributed by atoms with Crippen molar-refractivity contribution in [1.82, 2.24) is 4.90 Å². The van der Waals surface area contributed by atoms with Crippen molar-refractivity contribution in [2.75, 3.05) is 26.7 Å². The van der Waals surface area contributed by atoms with Gasteiger partial charge in [0, 0.05) is 5.92 Å². The molecule has 0 heterocycles. The van der Waals surface area contributed by atoms with Gasteiger partial charge in [-0.1, -0.05) is 55.8 Å². The first kappa shape index (κ1) is 22.1. The lowest BCUT2D eigenvalue weighted by atomic mass is 9.73. The van der Waals surface area contributed by atoms with Gasteiger partial charge in [0.25, 0.3) is 0 Å². The highest BCUT2D eigenvalue weighted by atomic mass is 35.5. The molecule has 0 aromatic heterocycles. The van der Waals surface area contributed by atoms with Crippen LogP contribution in [-0.4, -0.2) is 36.8 Å². The average Bonchev–Trinajstić information content (AvgIpc) is 2.89. The zero-order valence-corrected chi connectivity index (χ0v) is 18.7. The molecule has 3 rings (SSSR count). The molecule has 0 amide bonds. The van der Waals surface area contributed by atoms with E-state index in [2.05, 4.69) is 49.1 Å². The number of halogens is 1. The van der Waals surface area contributed by atoms with Crippen molar-refractivity contribution in [3.05, 3.63) is 64.2 Å². The van der Waals surface area contributed by atoms with Crippen molar-refractivity contribution in [3.63, 3.8) is 0 Å². The van der Waals surface area contributed by atoms with E-state index in [0.717, 1.165) is 62.9 Å². The third-order valence-corrected chi connectivity index (χ3v) is 6.82. The van der Waals surface area contributed by atoms with Gasteiger partial charge >= 0.3 is 0 Å². The zero-order chi connectivity index (χ0) is 20.9. The predicted octanol–water partition coefficient (Wildman–Crippen LogP) is 5.78. The van der Waals surface area contributed by atoms with Crippen molar-refractivity contribution in [2.24, 2.45) is 0 Å². The fraction of sp³-hybridized carbons (Fsp3) is 0.520. The second-order valence-electron chi connectivity index (χ2n) is 8.05. The Morgan fingerprint density at radius 2 is 1.93 bits per heavy atom. The van der Waals surface area contributed by atoms with E-state index in [-0.39, 0.29) is 5.92 Å². The number of benzene rings is 2. The number of methoxy groups -OCH3 is 1. The highest BCUT2D eigenvalue weighted by molar-refractivity contribution is 6.32. The molecule has 0 bridgehead atoms. The molecule has 0 unspecified atom stereocenters. The summed E-state index contributed by atoms with van der Waals surface area (Å²) in [5, 5.41) is 12.8. The fourth-order valence-corrected chi connectivity index (χ4v) is 5.03. The Balaban J connectivity index is 1.98. The summed E-state index contributed by atoms with van der Waals surface area (Å²) in [6.45, 7) is 7.49. The number of hydrogen-bond donors (Lipinski definition) is 1. The molecule has 0 radical (unpaired) electrons. The van der Waals surface area contributed by atoms with Crippen LogP contribution in [0.1, 0.15) is 62.1 Å². The highest BCUT2D eigenvalue weighted by Crippen LogP contribution is 2.48. The fourth-order valence-electron chi connectivity index (χ4n) is 4.84. The Morgan fingerprint density at radius 1 is 1.17 bits per heavy atom. The average molecular weight is 416 g/mol. The molecule has 3 nitrogen and oxygen atoms in total. The van der Waals surface area contributed by atoms with Crippen LogP contribution in [0.4, 0.5) is 0 Å². The van der Waals surface area contributed by atoms with Crippen molar-refractivity contribution < 1.29 is 9.84 Å². The normalized spacial score (nSPS) is 21.7. The molecule has 29 heavy (non-hydrogen) atoms. The largest absolute Gasteiger partial charge is 0.495 e. The Kier molecular flexibility index (Phi) is 7.61. The lowest BCUT2D eigenvalue weighted by molar-refractivity contribution is -0.00674. The van der Waals surface area contributed by atoms with Crippen LogP contribution >= 0.6 is 11.6 Å². The van der Waals surface area contributed by atoms with Crippen molar-refractivity contribution in [3.8, 4) is 5.75 Å². The Labute approximate surface area is 180 Å². The van der Waals surface area contributed by atoms with E-state index in [0.29, 0.717) is 10.8 Å². The summed E-state index contributed by atoms with van der Waals surface area (Å²) >= 11 is 6.28. The van der Waals surface area contributed by atoms with E-state index in [1.165, 1.54) is 5.56 Å². The van der Waals surface area contributed by atoms with Crippen molar-refractivity contribution in [2.45, 2.75) is 57.5 Å². The van der Waals surface area contributed by atoms with Crippen LogP contribution in [0.15, 0.2) is 42.5 Å². The Morgan fingerprint density at radius 3 is 2.66 bits per heavy atom. The van der Waals surface area contributed by atoms with Gasteiger partial charge in [0.15, 0.2) is 0 Å². The molecule has 4 heteroatoms. The zero-order valence-electron chi connectivity index (χ0n) is 18.0. The molecule has 158 valence electrons. The second kappa shape index (κ2) is 9.97. The van der Waals surface area contributed by atoms with Crippen LogP contribution in [0.5, 0.6) is 5.75 Å². The predicted molar refractivity (Wildman–Crippen MR) is 121 cm³/mol. The van der Waals surface area contributed by atoms with Gasteiger partial charge in [-0.3, -0.25) is 0 Å². The summed E-state index contributed by atoms with van der Waals surface area (Å²) in [5.74, 6) is 0.696. The van der Waals surface area contributed by atoms with Gasteiger partial charge in [0.05, 0.1) is 17.7 Å². The number of aliphatic hydroxyl groups is 1. The molecule has 0 fully saturated rings. The number of fused-ring (bicyclic) bond motifs is 1. The first-order chi connectivity index (χ1) is 14.0. The van der Waals surface area contributed by atoms with E-state index >= 15 is 0 Å². The van der Waals surface area contributed by atoms with E-state index in [4.69, 9.17) is 16.3 Å². The van der Waals surface area contributed by atoms with Gasteiger partial charge in [0.1, 0.15) is 5.75 Å². The maximum Gasteiger partial charge on any atom is 0.137 e. The Hall–Kier alpha value is -1.55. The molecule has 1 aliphatic rings. The SMILES string of the molecule is CCN(CC)CCC[C@@]1(O)c2ccccc2CCC[C@@H]1c1ccc(Cl)c(OC)c1. The monoisotopic (exact) mass is 415 g/mol. The standard InChI is InChI=1S/C25H34ClNO2/c1-4-27(5-2)17-9-16-25(28)21-12-7-6-10-19(21)11-8-13-22(25)20-14-15-23(26)24(18-20)29-3/h6-7,10,12,14-15,18,22,28H,4-5,8-9,11,13,16-17H2,1-3H3/t22-,25-/m1/s1. The van der Waals surface area contributed by atoms with Crippen LogP contribution in [-0.2, 0) is 12.0 Å². The summed E-state index contributed by atoms with van der Waals surface area (Å²) in [4.78, 5) is 2.42. The van der Waals surface area contributed by atoms with Crippen LogP contribution in [0.2, 0.25) is 5.02 Å². The van der Waals surface area contributed by atoms with Crippen LogP contribution in [0.3, 0.4) is 0 Å². The summed E-state index contributed by atoms with van der Waals surface area (Å²) in [5.41, 5.74) is 2.59. The second-order valence-corrected chi connectivity index (χ2v) is 8.46. The topological polar surface area (TPSA) is 32.7 Å². The molecule has 2 atom stereocenters. The molecule has 0 saturated carbocycles. The molecule has 1 N–H and O–H groups in total. The lowest BCUT2D eigenvalue weighted by Gasteiger charge is -2.38. The summed E-state index contributed by atoms with van der Waals surface area (Å²) in [6.07, 6.45) is 4.73. The van der Waals surface area contributed by atoms with E-state index in [9.17, 15) is 5.11 Å². The third kappa shape index (κ3) is 4.79. The van der Waals surface area contributed by atoms with Gasteiger partial charge in [-0.05, 0) is 80.6 Å². The minimum absolute atomic E-state index is 0.0222. The molecule has 0 spiro atoms. The van der Waals surface area contributed by atoms with Gasteiger partial charge in [-0.15, -0.1) is 0 Å². The molecule has 2 aromatic carbocycles. The van der Waals surface area contributed by atoms with Gasteiger partial charge < -0.3 is 14.7 Å². The highest BCUT2D eigenvalue weighted by Gasteiger charge is 2.41. The number of nitrogens with zero attached hydrogens (tertiary/aromatic N) is 1. The summed E-state index contributed by atoms with van der Waals surface area (Å²) in [7, 11) is 1.64. The minimum atomic E-state index is -0.890. The molecule has 2 aromatic rings. The maximum absolute atomic E-state index is 12.2. The number of rotatable bonds is 8. The van der Waals surface area contributed by atoms with E-state index in [1.807, 2.05) is 12.1 Å². The minimum Gasteiger partial charge on any atom is -0.495 e. The first-order valence-electron chi connectivity index (χ1n) is 10.9. The van der Waals surface area contributed by atoms with Crippen molar-refractivity contribution in [1.29, 1.82) is 0 Å². The molecule has 1 aliphatic carbocycles.